The highest BCUT2D eigenvalue weighted by Gasteiger charge is 2.19. The number of nitrogens with one attached hydrogen (secondary N) is 1. The highest BCUT2D eigenvalue weighted by molar-refractivity contribution is 6.20. The van der Waals surface area contributed by atoms with E-state index in [9.17, 15) is 0 Å². The van der Waals surface area contributed by atoms with Crippen LogP contribution in [0, 0.1) is 0 Å². The van der Waals surface area contributed by atoms with Gasteiger partial charge < -0.3 is 14.3 Å². The zero-order valence-corrected chi connectivity index (χ0v) is 20.1. The molecule has 0 aliphatic rings. The van der Waals surface area contributed by atoms with Crippen molar-refractivity contribution in [3.63, 3.8) is 0 Å². The second-order valence-electron chi connectivity index (χ2n) is 9.21. The van der Waals surface area contributed by atoms with Crippen molar-refractivity contribution in [3.8, 4) is 17.0 Å². The predicted octanol–water partition coefficient (Wildman–Crippen LogP) is 7.36. The first-order chi connectivity index (χ1) is 18.3. The summed E-state index contributed by atoms with van der Waals surface area (Å²) in [6.45, 7) is 1.27. The first-order valence-electron chi connectivity index (χ1n) is 12.4. The highest BCUT2D eigenvalue weighted by atomic mass is 16.5. The first-order valence-corrected chi connectivity index (χ1v) is 12.4. The fourth-order valence-electron chi connectivity index (χ4n) is 5.00. The summed E-state index contributed by atoms with van der Waals surface area (Å²) in [6, 6.07) is 37.2. The molecule has 0 fully saturated rings. The van der Waals surface area contributed by atoms with Gasteiger partial charge in [0.2, 0.25) is 0 Å². The maximum atomic E-state index is 6.00. The van der Waals surface area contributed by atoms with Crippen molar-refractivity contribution in [1.29, 1.82) is 0 Å². The Morgan fingerprint density at radius 1 is 0.730 bits per heavy atom. The van der Waals surface area contributed by atoms with Crippen LogP contribution in [0.3, 0.4) is 0 Å². The number of para-hydroxylation sites is 1. The van der Waals surface area contributed by atoms with Crippen LogP contribution in [0.25, 0.3) is 44.2 Å². The number of benzene rings is 4. The summed E-state index contributed by atoms with van der Waals surface area (Å²) in [7, 11) is 0. The van der Waals surface area contributed by atoms with E-state index in [-0.39, 0.29) is 0 Å². The maximum Gasteiger partial charge on any atom is 0.179 e. The molecule has 37 heavy (non-hydrogen) atoms. The molecule has 0 spiro atoms. The van der Waals surface area contributed by atoms with Gasteiger partial charge in [-0.2, -0.15) is 0 Å². The predicted molar refractivity (Wildman–Crippen MR) is 149 cm³/mol. The maximum absolute atomic E-state index is 6.00. The second-order valence-corrected chi connectivity index (χ2v) is 9.21. The summed E-state index contributed by atoms with van der Waals surface area (Å²) in [4.78, 5) is 13.4. The van der Waals surface area contributed by atoms with E-state index in [1.165, 1.54) is 10.9 Å². The number of imidazole rings is 1. The van der Waals surface area contributed by atoms with Crippen LogP contribution >= 0.6 is 0 Å². The average Bonchev–Trinajstić information content (AvgIpc) is 3.54. The lowest BCUT2D eigenvalue weighted by atomic mass is 10.1. The molecule has 3 heterocycles. The Bertz CT molecular complexity index is 1840. The molecule has 0 atom stereocenters. The van der Waals surface area contributed by atoms with E-state index in [0.717, 1.165) is 56.7 Å². The lowest BCUT2D eigenvalue weighted by Crippen LogP contribution is -1.99. The van der Waals surface area contributed by atoms with Gasteiger partial charge in [0.25, 0.3) is 0 Å². The molecule has 0 aliphatic carbocycles. The van der Waals surface area contributed by atoms with Gasteiger partial charge in [-0.1, -0.05) is 78.9 Å². The third-order valence-electron chi connectivity index (χ3n) is 6.79. The van der Waals surface area contributed by atoms with Gasteiger partial charge in [0.05, 0.1) is 23.1 Å². The molecule has 0 saturated carbocycles. The topological polar surface area (TPSA) is 55.7 Å². The van der Waals surface area contributed by atoms with E-state index in [1.54, 1.807) is 0 Å². The minimum Gasteiger partial charge on any atom is -0.489 e. The van der Waals surface area contributed by atoms with E-state index in [4.69, 9.17) is 14.7 Å². The molecule has 1 N–H and O–H groups in total. The summed E-state index contributed by atoms with van der Waals surface area (Å²) >= 11 is 0. The molecule has 5 nitrogen and oxygen atoms in total. The van der Waals surface area contributed by atoms with Crippen LogP contribution in [0.5, 0.6) is 5.75 Å². The fourth-order valence-corrected chi connectivity index (χ4v) is 5.00. The summed E-state index contributed by atoms with van der Waals surface area (Å²) in [5.74, 6) is 0.828. The summed E-state index contributed by atoms with van der Waals surface area (Å²) in [5, 5.41) is 2.32. The Morgan fingerprint density at radius 2 is 1.43 bits per heavy atom. The number of H-pyrrole nitrogens is 1. The van der Waals surface area contributed by atoms with Crippen molar-refractivity contribution < 1.29 is 4.74 Å². The number of nitrogens with zero attached hydrogens (tertiary/aromatic N) is 3. The van der Waals surface area contributed by atoms with Gasteiger partial charge in [-0.15, -0.1) is 0 Å². The van der Waals surface area contributed by atoms with Crippen molar-refractivity contribution in [2.75, 3.05) is 0 Å². The van der Waals surface area contributed by atoms with Gasteiger partial charge in [0.15, 0.2) is 5.65 Å². The number of pyridine rings is 1. The molecule has 0 aliphatic heterocycles. The van der Waals surface area contributed by atoms with E-state index in [1.807, 2.05) is 42.7 Å². The van der Waals surface area contributed by atoms with Gasteiger partial charge in [0.1, 0.15) is 12.4 Å². The lowest BCUT2D eigenvalue weighted by Gasteiger charge is -2.10. The third kappa shape index (κ3) is 3.91. The van der Waals surface area contributed by atoms with Crippen molar-refractivity contribution in [3.05, 3.63) is 127 Å². The number of hydrogen-bond donors (Lipinski definition) is 1. The molecule has 7 rings (SSSR count). The number of aromatic amines is 1. The number of ether oxygens (including phenoxy) is 1. The lowest BCUT2D eigenvalue weighted by molar-refractivity contribution is 0.306. The van der Waals surface area contributed by atoms with Crippen LogP contribution in [0.15, 0.2) is 116 Å². The quantitative estimate of drug-likeness (QED) is 0.271. The zero-order valence-electron chi connectivity index (χ0n) is 20.1. The summed E-state index contributed by atoms with van der Waals surface area (Å²) in [6.07, 6.45) is 1.90. The van der Waals surface area contributed by atoms with E-state index in [2.05, 4.69) is 82.3 Å². The van der Waals surface area contributed by atoms with E-state index >= 15 is 0 Å². The highest BCUT2D eigenvalue weighted by Crippen LogP contribution is 2.37. The molecule has 178 valence electrons. The Morgan fingerprint density at radius 3 is 2.22 bits per heavy atom. The van der Waals surface area contributed by atoms with Crippen molar-refractivity contribution in [2.24, 2.45) is 0 Å². The number of aromatic nitrogens is 4. The Balaban J connectivity index is 1.33. The third-order valence-corrected chi connectivity index (χ3v) is 6.79. The zero-order chi connectivity index (χ0) is 24.6. The van der Waals surface area contributed by atoms with Crippen LogP contribution in [0.1, 0.15) is 11.1 Å². The normalized spacial score (nSPS) is 11.5. The Labute approximate surface area is 214 Å². The minimum atomic E-state index is 0.537. The molecule has 5 heteroatoms. The van der Waals surface area contributed by atoms with Gasteiger partial charge in [-0.3, -0.25) is 0 Å². The van der Waals surface area contributed by atoms with Gasteiger partial charge >= 0.3 is 0 Å². The van der Waals surface area contributed by atoms with Gasteiger partial charge in [0, 0.05) is 28.4 Å². The molecule has 0 unspecified atom stereocenters. The van der Waals surface area contributed by atoms with Gasteiger partial charge in [-0.05, 0) is 41.5 Å². The smallest absolute Gasteiger partial charge is 0.179 e. The first kappa shape index (κ1) is 21.4. The van der Waals surface area contributed by atoms with Crippen molar-refractivity contribution in [2.45, 2.75) is 13.2 Å². The molecule has 0 bridgehead atoms. The molecule has 3 aromatic heterocycles. The molecule has 4 aromatic carbocycles. The summed E-state index contributed by atoms with van der Waals surface area (Å²) in [5.41, 5.74) is 8.16. The van der Waals surface area contributed by atoms with E-state index < -0.39 is 0 Å². The Hall–Kier alpha value is -4.90. The monoisotopic (exact) mass is 480 g/mol. The van der Waals surface area contributed by atoms with Crippen LogP contribution in [-0.4, -0.2) is 19.5 Å². The number of rotatable bonds is 6. The van der Waals surface area contributed by atoms with Crippen molar-refractivity contribution in [1.82, 2.24) is 19.5 Å². The van der Waals surface area contributed by atoms with Crippen LogP contribution < -0.4 is 4.74 Å². The van der Waals surface area contributed by atoms with E-state index in [0.29, 0.717) is 6.61 Å². The fraction of sp³-hybridized carbons (Fsp3) is 0.0625. The van der Waals surface area contributed by atoms with Crippen LogP contribution in [-0.2, 0) is 13.2 Å². The number of hydrogen-bond acceptors (Lipinski definition) is 3. The SMILES string of the molecule is c1ccc(COc2ccc(-c3nc4ncn(Cc5ccccc5)c4c4c3[nH]c3ccccc34)cc2)cc1. The molecule has 0 saturated heterocycles. The molecule has 0 radical (unpaired) electrons. The van der Waals surface area contributed by atoms with Crippen LogP contribution in [0.4, 0.5) is 0 Å². The number of fused-ring (bicyclic) bond motifs is 5. The van der Waals surface area contributed by atoms with Gasteiger partial charge in [-0.25, -0.2) is 9.97 Å². The molecule has 0 amide bonds. The Kier molecular flexibility index (Phi) is 5.18. The van der Waals surface area contributed by atoms with Crippen molar-refractivity contribution >= 4 is 33.0 Å². The minimum absolute atomic E-state index is 0.537. The molecule has 7 aromatic rings. The second kappa shape index (κ2) is 8.95. The standard InChI is InChI=1S/C32H24N4O/c1-3-9-22(10-4-1)19-36-21-33-32-31(36)28-26-13-7-8-14-27(26)34-30(28)29(35-32)24-15-17-25(18-16-24)37-20-23-11-5-2-6-12-23/h1-18,21,34H,19-20H2. The summed E-state index contributed by atoms with van der Waals surface area (Å²) < 4.78 is 8.20. The molecular formula is C32H24N4O. The average molecular weight is 481 g/mol. The molecular weight excluding hydrogens is 456 g/mol. The largest absolute Gasteiger partial charge is 0.489 e. The van der Waals surface area contributed by atoms with Crippen LogP contribution in [0.2, 0.25) is 0 Å².